The van der Waals surface area contributed by atoms with Crippen LogP contribution < -0.4 is 10.3 Å². The van der Waals surface area contributed by atoms with E-state index in [0.29, 0.717) is 18.7 Å². The Bertz CT molecular complexity index is 943. The summed E-state index contributed by atoms with van der Waals surface area (Å²) >= 11 is 0. The van der Waals surface area contributed by atoms with E-state index < -0.39 is 5.60 Å². The van der Waals surface area contributed by atoms with Crippen molar-refractivity contribution in [2.45, 2.75) is 39.3 Å². The van der Waals surface area contributed by atoms with Crippen LogP contribution in [0.1, 0.15) is 37.5 Å². The zero-order valence-electron chi connectivity index (χ0n) is 15.7. The van der Waals surface area contributed by atoms with Crippen LogP contribution in [0.4, 0.5) is 0 Å². The summed E-state index contributed by atoms with van der Waals surface area (Å²) < 4.78 is 7.35. The van der Waals surface area contributed by atoms with Crippen molar-refractivity contribution >= 4 is 6.08 Å². The fourth-order valence-electron chi connectivity index (χ4n) is 3.28. The highest BCUT2D eigenvalue weighted by molar-refractivity contribution is 5.82. The molecule has 4 heteroatoms. The highest BCUT2D eigenvalue weighted by Crippen LogP contribution is 2.37. The van der Waals surface area contributed by atoms with E-state index in [1.54, 1.807) is 25.5 Å². The predicted molar refractivity (Wildman–Crippen MR) is 105 cm³/mol. The fourth-order valence-corrected chi connectivity index (χ4v) is 3.28. The topological polar surface area (TPSA) is 51.5 Å². The van der Waals surface area contributed by atoms with Crippen molar-refractivity contribution in [3.05, 3.63) is 69.7 Å². The van der Waals surface area contributed by atoms with E-state index >= 15 is 0 Å². The zero-order chi connectivity index (χ0) is 18.9. The largest absolute Gasteiger partial charge is 0.496 e. The second kappa shape index (κ2) is 6.96. The molecule has 4 nitrogen and oxygen atoms in total. The maximum atomic E-state index is 12.7. The standard InChI is InChI=1S/C22H25NO3/c1-5-6-12-23-14-19(16-8-7-9-18(16)21(23)24)17-11-10-15(22(2,3)25)13-20(17)26-4/h5-8,10-11,13-14,25H,9,12H2,1-4H3/b6-5+. The van der Waals surface area contributed by atoms with Crippen molar-refractivity contribution in [3.63, 3.8) is 0 Å². The van der Waals surface area contributed by atoms with Crippen molar-refractivity contribution < 1.29 is 9.84 Å². The smallest absolute Gasteiger partial charge is 0.254 e. The minimum atomic E-state index is -0.946. The van der Waals surface area contributed by atoms with Crippen LogP contribution in [0.2, 0.25) is 0 Å². The molecule has 0 fully saturated rings. The van der Waals surface area contributed by atoms with E-state index in [0.717, 1.165) is 27.8 Å². The number of nitrogens with zero attached hydrogens (tertiary/aromatic N) is 1. The third kappa shape index (κ3) is 3.25. The van der Waals surface area contributed by atoms with Gasteiger partial charge in [-0.3, -0.25) is 4.79 Å². The molecule has 0 atom stereocenters. The lowest BCUT2D eigenvalue weighted by atomic mass is 9.93. The first-order valence-corrected chi connectivity index (χ1v) is 8.82. The number of fused-ring (bicyclic) bond motifs is 1. The first-order valence-electron chi connectivity index (χ1n) is 8.82. The highest BCUT2D eigenvalue weighted by Gasteiger charge is 2.22. The molecule has 26 heavy (non-hydrogen) atoms. The van der Waals surface area contributed by atoms with Crippen molar-refractivity contribution in [1.29, 1.82) is 0 Å². The first-order chi connectivity index (χ1) is 12.4. The molecule has 136 valence electrons. The number of allylic oxidation sites excluding steroid dienone is 3. The number of aliphatic hydroxyl groups is 1. The average Bonchev–Trinajstić information content (AvgIpc) is 3.10. The summed E-state index contributed by atoms with van der Waals surface area (Å²) in [6, 6.07) is 5.73. The predicted octanol–water partition coefficient (Wildman–Crippen LogP) is 3.90. The maximum Gasteiger partial charge on any atom is 0.254 e. The summed E-state index contributed by atoms with van der Waals surface area (Å²) in [6.45, 7) is 5.98. The Labute approximate surface area is 154 Å². The minimum Gasteiger partial charge on any atom is -0.496 e. The van der Waals surface area contributed by atoms with Crippen LogP contribution in [0.3, 0.4) is 0 Å². The van der Waals surface area contributed by atoms with Gasteiger partial charge in [0.1, 0.15) is 5.75 Å². The van der Waals surface area contributed by atoms with Crippen LogP contribution in [0, 0.1) is 0 Å². The maximum absolute atomic E-state index is 12.7. The Kier molecular flexibility index (Phi) is 4.88. The molecule has 0 spiro atoms. The van der Waals surface area contributed by atoms with Crippen LogP contribution in [-0.2, 0) is 18.6 Å². The van der Waals surface area contributed by atoms with Gasteiger partial charge >= 0.3 is 0 Å². The molecule has 1 aliphatic rings. The van der Waals surface area contributed by atoms with Gasteiger partial charge in [0, 0.05) is 29.4 Å². The zero-order valence-corrected chi connectivity index (χ0v) is 15.7. The molecule has 0 amide bonds. The fraction of sp³-hybridized carbons (Fsp3) is 0.318. The summed E-state index contributed by atoms with van der Waals surface area (Å²) in [5, 5.41) is 10.3. The molecule has 3 rings (SSSR count). The molecule has 1 heterocycles. The molecule has 1 N–H and O–H groups in total. The van der Waals surface area contributed by atoms with E-state index in [4.69, 9.17) is 4.74 Å². The van der Waals surface area contributed by atoms with E-state index in [2.05, 4.69) is 0 Å². The molecule has 0 unspecified atom stereocenters. The third-order valence-electron chi connectivity index (χ3n) is 4.76. The number of rotatable bonds is 5. The van der Waals surface area contributed by atoms with Crippen molar-refractivity contribution in [2.75, 3.05) is 7.11 Å². The number of hydrogen-bond acceptors (Lipinski definition) is 3. The second-order valence-corrected chi connectivity index (χ2v) is 7.04. The summed E-state index contributed by atoms with van der Waals surface area (Å²) in [5.41, 5.74) is 3.56. The number of benzene rings is 1. The molecule has 2 aromatic rings. The first kappa shape index (κ1) is 18.2. The molecule has 0 saturated carbocycles. The molecule has 0 aliphatic heterocycles. The van der Waals surface area contributed by atoms with Gasteiger partial charge in [-0.15, -0.1) is 0 Å². The highest BCUT2D eigenvalue weighted by atomic mass is 16.5. The number of hydrogen-bond donors (Lipinski definition) is 1. The Hall–Kier alpha value is -2.59. The number of ether oxygens (including phenoxy) is 1. The van der Waals surface area contributed by atoms with Gasteiger partial charge in [0.15, 0.2) is 0 Å². The van der Waals surface area contributed by atoms with E-state index in [-0.39, 0.29) is 5.56 Å². The normalized spacial score (nSPS) is 13.4. The van der Waals surface area contributed by atoms with Gasteiger partial charge in [0.25, 0.3) is 5.56 Å². The molecule has 1 aromatic carbocycles. The SMILES string of the molecule is C/C=C/Cn1cc(-c2ccc(C(C)(C)O)cc2OC)c2c(c1=O)CC=C2. The van der Waals surface area contributed by atoms with Crippen LogP contribution >= 0.6 is 0 Å². The van der Waals surface area contributed by atoms with E-state index in [1.165, 1.54) is 0 Å². The van der Waals surface area contributed by atoms with Gasteiger partial charge < -0.3 is 14.4 Å². The van der Waals surface area contributed by atoms with Gasteiger partial charge in [-0.2, -0.15) is 0 Å². The van der Waals surface area contributed by atoms with Crippen LogP contribution in [-0.4, -0.2) is 16.8 Å². The van der Waals surface area contributed by atoms with Gasteiger partial charge in [0.05, 0.1) is 12.7 Å². The number of pyridine rings is 1. The van der Waals surface area contributed by atoms with Crippen LogP contribution in [0.15, 0.2) is 47.4 Å². The number of aromatic nitrogens is 1. The molecule has 0 bridgehead atoms. The number of methoxy groups -OCH3 is 1. The Balaban J connectivity index is 2.22. The summed E-state index contributed by atoms with van der Waals surface area (Å²) in [6.07, 6.45) is 10.5. The molecule has 1 aromatic heterocycles. The summed E-state index contributed by atoms with van der Waals surface area (Å²) in [7, 11) is 1.62. The molecular formula is C22H25NO3. The van der Waals surface area contributed by atoms with Crippen LogP contribution in [0.25, 0.3) is 17.2 Å². The molecular weight excluding hydrogens is 326 g/mol. The summed E-state index contributed by atoms with van der Waals surface area (Å²) in [4.78, 5) is 12.7. The molecule has 1 aliphatic carbocycles. The molecule has 0 radical (unpaired) electrons. The molecule has 0 saturated heterocycles. The van der Waals surface area contributed by atoms with Crippen LogP contribution in [0.5, 0.6) is 5.75 Å². The Morgan fingerprint density at radius 1 is 1.31 bits per heavy atom. The van der Waals surface area contributed by atoms with Gasteiger partial charge in [0.2, 0.25) is 0 Å². The second-order valence-electron chi connectivity index (χ2n) is 7.04. The quantitative estimate of drug-likeness (QED) is 0.831. The average molecular weight is 351 g/mol. The van der Waals surface area contributed by atoms with E-state index in [1.807, 2.05) is 55.6 Å². The third-order valence-corrected chi connectivity index (χ3v) is 4.76. The van der Waals surface area contributed by atoms with Crippen molar-refractivity contribution in [1.82, 2.24) is 4.57 Å². The lowest BCUT2D eigenvalue weighted by Gasteiger charge is -2.21. The van der Waals surface area contributed by atoms with Gasteiger partial charge in [-0.25, -0.2) is 0 Å². The Morgan fingerprint density at radius 2 is 2.08 bits per heavy atom. The van der Waals surface area contributed by atoms with E-state index in [9.17, 15) is 9.90 Å². The lowest BCUT2D eigenvalue weighted by molar-refractivity contribution is 0.0783. The van der Waals surface area contributed by atoms with Gasteiger partial charge in [-0.05, 0) is 44.4 Å². The van der Waals surface area contributed by atoms with Crippen molar-refractivity contribution in [3.8, 4) is 16.9 Å². The van der Waals surface area contributed by atoms with Crippen molar-refractivity contribution in [2.24, 2.45) is 0 Å². The minimum absolute atomic E-state index is 0.0546. The lowest BCUT2D eigenvalue weighted by Crippen LogP contribution is -2.23. The van der Waals surface area contributed by atoms with Gasteiger partial charge in [-0.1, -0.05) is 36.4 Å². The Morgan fingerprint density at radius 3 is 2.73 bits per heavy atom. The monoisotopic (exact) mass is 351 g/mol. The summed E-state index contributed by atoms with van der Waals surface area (Å²) in [5.74, 6) is 0.684.